The summed E-state index contributed by atoms with van der Waals surface area (Å²) in [5.74, 6) is 3.38. The van der Waals surface area contributed by atoms with Crippen molar-refractivity contribution in [3.05, 3.63) is 29.3 Å². The van der Waals surface area contributed by atoms with E-state index in [4.69, 9.17) is 4.52 Å². The molecule has 1 saturated heterocycles. The fraction of sp³-hybridized carbons (Fsp3) is 0.625. The average Bonchev–Trinajstić information content (AvgIpc) is 3.02. The van der Waals surface area contributed by atoms with E-state index < -0.39 is 0 Å². The number of rotatable bonds is 5. The lowest BCUT2D eigenvalue weighted by Gasteiger charge is -2.34. The molecule has 3 heterocycles. The normalized spacial score (nSPS) is 16.0. The number of anilines is 1. The fourth-order valence-corrected chi connectivity index (χ4v) is 2.79. The molecule has 1 fully saturated rings. The largest absolute Gasteiger partial charge is 0.354 e. The molecule has 0 unspecified atom stereocenters. The molecule has 0 amide bonds. The molecule has 0 atom stereocenters. The van der Waals surface area contributed by atoms with Crippen LogP contribution >= 0.6 is 0 Å². The summed E-state index contributed by atoms with van der Waals surface area (Å²) in [5.41, 5.74) is 1.11. The van der Waals surface area contributed by atoms with Crippen LogP contribution in [0.2, 0.25) is 0 Å². The van der Waals surface area contributed by atoms with Crippen LogP contribution in [0.4, 0.5) is 5.82 Å². The van der Waals surface area contributed by atoms with Crippen LogP contribution in [-0.4, -0.2) is 51.2 Å². The lowest BCUT2D eigenvalue weighted by molar-refractivity contribution is 0.239. The minimum absolute atomic E-state index is 0.710. The molecular weight excluding hydrogens is 292 g/mol. The van der Waals surface area contributed by atoms with Crippen LogP contribution < -0.4 is 4.90 Å². The van der Waals surface area contributed by atoms with Gasteiger partial charge in [-0.1, -0.05) is 19.0 Å². The van der Waals surface area contributed by atoms with Crippen molar-refractivity contribution in [3.8, 4) is 0 Å². The van der Waals surface area contributed by atoms with E-state index in [0.717, 1.165) is 68.7 Å². The Bertz CT molecular complexity index is 648. The third-order valence-electron chi connectivity index (χ3n) is 4.11. The summed E-state index contributed by atoms with van der Waals surface area (Å²) in [6.07, 6.45) is 1.72. The predicted molar refractivity (Wildman–Crippen MR) is 87.3 cm³/mol. The monoisotopic (exact) mass is 316 g/mol. The SMILES string of the molecule is CCc1cc(N2CCN(Cc3noc(CC)n3)CC2)nc(C)n1. The second-order valence-electron chi connectivity index (χ2n) is 5.84. The third kappa shape index (κ3) is 3.85. The van der Waals surface area contributed by atoms with E-state index in [0.29, 0.717) is 5.89 Å². The van der Waals surface area contributed by atoms with Crippen molar-refractivity contribution in [3.63, 3.8) is 0 Å². The Kier molecular flexibility index (Phi) is 4.85. The topological polar surface area (TPSA) is 71.2 Å². The summed E-state index contributed by atoms with van der Waals surface area (Å²) in [6.45, 7) is 10.7. The Morgan fingerprint density at radius 3 is 2.48 bits per heavy atom. The Morgan fingerprint density at radius 2 is 1.83 bits per heavy atom. The minimum atomic E-state index is 0.710. The first-order chi connectivity index (χ1) is 11.2. The zero-order valence-electron chi connectivity index (χ0n) is 14.1. The van der Waals surface area contributed by atoms with Crippen molar-refractivity contribution in [1.82, 2.24) is 25.0 Å². The smallest absolute Gasteiger partial charge is 0.226 e. The lowest BCUT2D eigenvalue weighted by Crippen LogP contribution is -2.46. The van der Waals surface area contributed by atoms with Crippen LogP contribution in [0.5, 0.6) is 0 Å². The first-order valence-corrected chi connectivity index (χ1v) is 8.31. The number of nitrogens with zero attached hydrogens (tertiary/aromatic N) is 6. The van der Waals surface area contributed by atoms with E-state index in [1.54, 1.807) is 0 Å². The molecule has 0 N–H and O–H groups in total. The van der Waals surface area contributed by atoms with E-state index in [2.05, 4.69) is 42.9 Å². The maximum Gasteiger partial charge on any atom is 0.226 e. The lowest BCUT2D eigenvalue weighted by atomic mass is 10.2. The highest BCUT2D eigenvalue weighted by Gasteiger charge is 2.20. The Balaban J connectivity index is 1.58. The van der Waals surface area contributed by atoms with E-state index in [1.165, 1.54) is 0 Å². The molecule has 0 spiro atoms. The molecule has 124 valence electrons. The van der Waals surface area contributed by atoms with Gasteiger partial charge in [-0.25, -0.2) is 9.97 Å². The number of aryl methyl sites for hydroxylation is 3. The molecule has 23 heavy (non-hydrogen) atoms. The molecule has 3 rings (SSSR count). The molecule has 7 heteroatoms. The molecule has 0 aromatic carbocycles. The summed E-state index contributed by atoms with van der Waals surface area (Å²) in [6, 6.07) is 2.11. The van der Waals surface area contributed by atoms with Gasteiger partial charge in [-0.05, 0) is 13.3 Å². The van der Waals surface area contributed by atoms with Crippen LogP contribution in [-0.2, 0) is 19.4 Å². The van der Waals surface area contributed by atoms with Crippen LogP contribution in [0.1, 0.15) is 37.1 Å². The molecule has 7 nitrogen and oxygen atoms in total. The summed E-state index contributed by atoms with van der Waals surface area (Å²) in [4.78, 5) is 18.1. The molecule has 2 aromatic heterocycles. The summed E-state index contributed by atoms with van der Waals surface area (Å²) in [7, 11) is 0. The summed E-state index contributed by atoms with van der Waals surface area (Å²) in [5, 5.41) is 4.03. The van der Waals surface area contributed by atoms with Gasteiger partial charge in [0, 0.05) is 44.4 Å². The van der Waals surface area contributed by atoms with Gasteiger partial charge >= 0.3 is 0 Å². The van der Waals surface area contributed by atoms with Gasteiger partial charge in [-0.3, -0.25) is 4.90 Å². The van der Waals surface area contributed by atoms with Gasteiger partial charge in [0.1, 0.15) is 11.6 Å². The summed E-state index contributed by atoms with van der Waals surface area (Å²) >= 11 is 0. The highest BCUT2D eigenvalue weighted by Crippen LogP contribution is 2.16. The van der Waals surface area contributed by atoms with E-state index in [1.807, 2.05) is 13.8 Å². The van der Waals surface area contributed by atoms with Gasteiger partial charge in [0.05, 0.1) is 6.54 Å². The molecule has 1 aliphatic heterocycles. The Labute approximate surface area is 136 Å². The van der Waals surface area contributed by atoms with Crippen molar-refractivity contribution >= 4 is 5.82 Å². The van der Waals surface area contributed by atoms with Crippen LogP contribution in [0.25, 0.3) is 0 Å². The van der Waals surface area contributed by atoms with Crippen molar-refractivity contribution in [1.29, 1.82) is 0 Å². The standard InChI is InChI=1S/C16H24N6O/c1-4-13-10-15(18-12(3)17-13)22-8-6-21(7-9-22)11-14-19-16(5-2)23-20-14/h10H,4-9,11H2,1-3H3. The highest BCUT2D eigenvalue weighted by atomic mass is 16.5. The van der Waals surface area contributed by atoms with E-state index >= 15 is 0 Å². The first-order valence-electron chi connectivity index (χ1n) is 8.31. The van der Waals surface area contributed by atoms with Crippen molar-refractivity contribution < 1.29 is 4.52 Å². The molecule has 0 saturated carbocycles. The van der Waals surface area contributed by atoms with Crippen LogP contribution in [0.3, 0.4) is 0 Å². The molecule has 0 aliphatic carbocycles. The van der Waals surface area contributed by atoms with Crippen molar-refractivity contribution in [2.24, 2.45) is 0 Å². The minimum Gasteiger partial charge on any atom is -0.354 e. The van der Waals surface area contributed by atoms with Gasteiger partial charge in [0.25, 0.3) is 0 Å². The second-order valence-corrected chi connectivity index (χ2v) is 5.84. The van der Waals surface area contributed by atoms with Crippen LogP contribution in [0.15, 0.2) is 10.6 Å². The van der Waals surface area contributed by atoms with E-state index in [-0.39, 0.29) is 0 Å². The van der Waals surface area contributed by atoms with Gasteiger partial charge in [0.15, 0.2) is 5.82 Å². The van der Waals surface area contributed by atoms with E-state index in [9.17, 15) is 0 Å². The van der Waals surface area contributed by atoms with Gasteiger partial charge in [-0.2, -0.15) is 4.98 Å². The van der Waals surface area contributed by atoms with Gasteiger partial charge in [-0.15, -0.1) is 0 Å². The molecule has 1 aliphatic rings. The van der Waals surface area contributed by atoms with Crippen molar-refractivity contribution in [2.45, 2.75) is 40.2 Å². The Hall–Kier alpha value is -2.02. The second kappa shape index (κ2) is 7.04. The third-order valence-corrected chi connectivity index (χ3v) is 4.11. The molecule has 0 bridgehead atoms. The molecular formula is C16H24N6O. The summed E-state index contributed by atoms with van der Waals surface area (Å²) < 4.78 is 5.17. The van der Waals surface area contributed by atoms with Gasteiger partial charge < -0.3 is 9.42 Å². The Morgan fingerprint density at radius 1 is 1.04 bits per heavy atom. The number of hydrogen-bond acceptors (Lipinski definition) is 7. The number of aromatic nitrogens is 4. The zero-order valence-corrected chi connectivity index (χ0v) is 14.1. The maximum absolute atomic E-state index is 5.17. The van der Waals surface area contributed by atoms with Gasteiger partial charge in [0.2, 0.25) is 5.89 Å². The molecule has 2 aromatic rings. The van der Waals surface area contributed by atoms with Crippen molar-refractivity contribution in [2.75, 3.05) is 31.1 Å². The quantitative estimate of drug-likeness (QED) is 0.830. The first kappa shape index (κ1) is 15.9. The average molecular weight is 316 g/mol. The number of hydrogen-bond donors (Lipinski definition) is 0. The molecule has 0 radical (unpaired) electrons. The van der Waals surface area contributed by atoms with Crippen LogP contribution in [0, 0.1) is 6.92 Å². The maximum atomic E-state index is 5.17. The number of piperazine rings is 1. The zero-order chi connectivity index (χ0) is 16.2. The predicted octanol–water partition coefficient (Wildman–Crippen LogP) is 1.62. The highest BCUT2D eigenvalue weighted by molar-refractivity contribution is 5.40. The fourth-order valence-electron chi connectivity index (χ4n) is 2.79.